The van der Waals surface area contributed by atoms with Crippen molar-refractivity contribution in [2.75, 3.05) is 7.11 Å². The number of hydrogen-bond donors (Lipinski definition) is 1. The molecule has 0 fully saturated rings. The number of sulfonamides is 1. The Labute approximate surface area is 188 Å². The van der Waals surface area contributed by atoms with Crippen molar-refractivity contribution in [3.05, 3.63) is 72.7 Å². The Hall–Kier alpha value is -4.16. The third-order valence-electron chi connectivity index (χ3n) is 5.04. The van der Waals surface area contributed by atoms with Gasteiger partial charge in [0.05, 0.1) is 35.9 Å². The number of fused-ring (bicyclic) bond motifs is 1. The number of methoxy groups -OCH3 is 1. The molecule has 0 saturated carbocycles. The number of rotatable bonds is 6. The van der Waals surface area contributed by atoms with E-state index in [1.165, 1.54) is 11.0 Å². The van der Waals surface area contributed by atoms with Crippen molar-refractivity contribution in [1.82, 2.24) is 34.7 Å². The van der Waals surface area contributed by atoms with Crippen molar-refractivity contribution in [2.24, 2.45) is 5.14 Å². The Bertz CT molecular complexity index is 1560. The molecule has 3 aromatic heterocycles. The maximum Gasteiger partial charge on any atom is 0.256 e. The van der Waals surface area contributed by atoms with Crippen molar-refractivity contribution < 1.29 is 13.2 Å². The first kappa shape index (κ1) is 20.7. The van der Waals surface area contributed by atoms with Gasteiger partial charge < -0.3 is 4.74 Å². The zero-order valence-corrected chi connectivity index (χ0v) is 18.2. The van der Waals surface area contributed by atoms with Crippen LogP contribution in [-0.2, 0) is 16.6 Å². The highest BCUT2D eigenvalue weighted by molar-refractivity contribution is 7.89. The van der Waals surface area contributed by atoms with E-state index in [0.717, 1.165) is 22.3 Å². The molecule has 0 amide bonds. The van der Waals surface area contributed by atoms with Crippen LogP contribution in [0.5, 0.6) is 5.75 Å². The van der Waals surface area contributed by atoms with Gasteiger partial charge in [-0.15, -0.1) is 10.2 Å². The second-order valence-electron chi connectivity index (χ2n) is 7.15. The van der Waals surface area contributed by atoms with Crippen molar-refractivity contribution >= 4 is 21.1 Å². The number of benzene rings is 2. The Kier molecular flexibility index (Phi) is 5.07. The molecule has 0 bridgehead atoms. The number of nitrogens with two attached hydrogens (primary N) is 1. The number of imidazole rings is 1. The third kappa shape index (κ3) is 3.92. The summed E-state index contributed by atoms with van der Waals surface area (Å²) >= 11 is 0. The van der Waals surface area contributed by atoms with Crippen LogP contribution in [0, 0.1) is 0 Å². The molecule has 0 aliphatic heterocycles. The van der Waals surface area contributed by atoms with Crippen LogP contribution in [0.25, 0.3) is 28.1 Å². The topological polar surface area (TPSA) is 144 Å². The highest BCUT2D eigenvalue weighted by Crippen LogP contribution is 2.30. The number of primary sulfonamides is 1. The number of tetrazole rings is 1. The summed E-state index contributed by atoms with van der Waals surface area (Å²) in [4.78, 5) is 9.77. The van der Waals surface area contributed by atoms with Gasteiger partial charge in [-0.3, -0.25) is 4.57 Å². The minimum atomic E-state index is -4.18. The molecule has 2 N–H and O–H groups in total. The molecule has 33 heavy (non-hydrogen) atoms. The summed E-state index contributed by atoms with van der Waals surface area (Å²) in [5, 5.41) is 17.7. The van der Waals surface area contributed by atoms with Crippen LogP contribution in [0.1, 0.15) is 5.56 Å². The Balaban J connectivity index is 1.63. The van der Waals surface area contributed by atoms with E-state index >= 15 is 0 Å². The average Bonchev–Trinajstić information content (AvgIpc) is 3.45. The molecule has 5 aromatic rings. The summed E-state index contributed by atoms with van der Waals surface area (Å²) < 4.78 is 31.6. The fourth-order valence-electron chi connectivity index (χ4n) is 3.52. The Morgan fingerprint density at radius 1 is 1.03 bits per heavy atom. The summed E-state index contributed by atoms with van der Waals surface area (Å²) in [6.45, 7) is 0.325. The van der Waals surface area contributed by atoms with E-state index in [9.17, 15) is 8.42 Å². The highest BCUT2D eigenvalue weighted by atomic mass is 32.2. The maximum absolute atomic E-state index is 12.4. The summed E-state index contributed by atoms with van der Waals surface area (Å²) in [6, 6.07) is 16.5. The minimum absolute atomic E-state index is 0.0772. The summed E-state index contributed by atoms with van der Waals surface area (Å²) in [7, 11) is -2.59. The summed E-state index contributed by atoms with van der Waals surface area (Å²) in [6.07, 6.45) is 2.97. The first-order valence-electron chi connectivity index (χ1n) is 9.79. The number of hydrogen-bond acceptors (Lipinski definition) is 8. The summed E-state index contributed by atoms with van der Waals surface area (Å²) in [5.74, 6) is 0.810. The maximum atomic E-state index is 12.4. The predicted octanol–water partition coefficient (Wildman–Crippen LogP) is 1.78. The fraction of sp³-hybridized carbons (Fsp3) is 0.0952. The van der Waals surface area contributed by atoms with Crippen LogP contribution in [0.2, 0.25) is 0 Å². The second kappa shape index (κ2) is 8.07. The molecule has 0 saturated heterocycles. The van der Waals surface area contributed by atoms with Crippen LogP contribution < -0.4 is 9.88 Å². The van der Waals surface area contributed by atoms with Gasteiger partial charge in [0, 0.05) is 6.20 Å². The zero-order chi connectivity index (χ0) is 23.0. The van der Waals surface area contributed by atoms with E-state index in [0.29, 0.717) is 12.2 Å². The molecule has 0 aliphatic rings. The number of nitrogens with zero attached hydrogens (tertiary/aromatic N) is 7. The van der Waals surface area contributed by atoms with E-state index in [1.54, 1.807) is 24.1 Å². The van der Waals surface area contributed by atoms with E-state index in [4.69, 9.17) is 9.88 Å². The first-order valence-corrected chi connectivity index (χ1v) is 11.3. The van der Waals surface area contributed by atoms with Gasteiger partial charge in [-0.25, -0.2) is 23.5 Å². The smallest absolute Gasteiger partial charge is 0.256 e. The normalized spacial score (nSPS) is 11.7. The van der Waals surface area contributed by atoms with Crippen LogP contribution in [0.4, 0.5) is 0 Å². The number of aromatic nitrogens is 7. The van der Waals surface area contributed by atoms with Crippen molar-refractivity contribution in [1.29, 1.82) is 0 Å². The van der Waals surface area contributed by atoms with Gasteiger partial charge in [0.25, 0.3) is 10.0 Å². The Morgan fingerprint density at radius 3 is 2.58 bits per heavy atom. The molecular weight excluding hydrogens is 444 g/mol. The van der Waals surface area contributed by atoms with E-state index in [2.05, 4.69) is 25.4 Å². The van der Waals surface area contributed by atoms with Gasteiger partial charge >= 0.3 is 0 Å². The molecule has 0 spiro atoms. The predicted molar refractivity (Wildman–Crippen MR) is 119 cm³/mol. The molecule has 11 nitrogen and oxygen atoms in total. The Morgan fingerprint density at radius 2 is 1.82 bits per heavy atom. The molecule has 0 atom stereocenters. The second-order valence-corrected chi connectivity index (χ2v) is 8.63. The molecule has 3 heterocycles. The van der Waals surface area contributed by atoms with Gasteiger partial charge in [-0.2, -0.15) is 4.80 Å². The lowest BCUT2D eigenvalue weighted by atomic mass is 10.2. The van der Waals surface area contributed by atoms with Crippen molar-refractivity contribution in [3.63, 3.8) is 0 Å². The van der Waals surface area contributed by atoms with Gasteiger partial charge in [-0.1, -0.05) is 24.3 Å². The van der Waals surface area contributed by atoms with Gasteiger partial charge in [0.15, 0.2) is 5.03 Å². The molecule has 2 aromatic carbocycles. The lowest BCUT2D eigenvalue weighted by molar-refractivity contribution is 0.414. The number of pyridine rings is 1. The molecular formula is C21H18N8O3S. The lowest BCUT2D eigenvalue weighted by Crippen LogP contribution is -2.17. The molecule has 166 valence electrons. The van der Waals surface area contributed by atoms with Crippen LogP contribution in [0.15, 0.2) is 72.1 Å². The highest BCUT2D eigenvalue weighted by Gasteiger charge is 2.25. The van der Waals surface area contributed by atoms with Crippen LogP contribution in [-0.4, -0.2) is 50.3 Å². The fourth-order valence-corrected chi connectivity index (χ4v) is 4.20. The van der Waals surface area contributed by atoms with Crippen molar-refractivity contribution in [3.8, 4) is 22.8 Å². The third-order valence-corrected chi connectivity index (χ3v) is 5.88. The van der Waals surface area contributed by atoms with E-state index < -0.39 is 10.0 Å². The van der Waals surface area contributed by atoms with E-state index in [1.807, 2.05) is 48.5 Å². The standard InChI is InChI=1S/C21H18N8O3S/c1-32-15-8-6-14(7-9-15)12-29-26-20(25-27-29)19-18(10-11-23-21(19)33(22,30)31)28-13-24-16-4-2-3-5-17(16)28/h2-11,13H,12H2,1H3,(H2,22,30,31). The van der Waals surface area contributed by atoms with Gasteiger partial charge in [0.1, 0.15) is 12.1 Å². The minimum Gasteiger partial charge on any atom is -0.497 e. The number of para-hydroxylation sites is 2. The van der Waals surface area contributed by atoms with Crippen LogP contribution in [0.3, 0.4) is 0 Å². The van der Waals surface area contributed by atoms with Gasteiger partial charge in [-0.05, 0) is 41.1 Å². The summed E-state index contributed by atoms with van der Waals surface area (Å²) in [5.41, 5.74) is 3.04. The molecule has 0 aliphatic carbocycles. The van der Waals surface area contributed by atoms with Gasteiger partial charge in [0.2, 0.25) is 5.82 Å². The molecule has 0 radical (unpaired) electrons. The van der Waals surface area contributed by atoms with Crippen LogP contribution >= 0.6 is 0 Å². The first-order chi connectivity index (χ1) is 15.9. The average molecular weight is 462 g/mol. The zero-order valence-electron chi connectivity index (χ0n) is 17.4. The van der Waals surface area contributed by atoms with E-state index in [-0.39, 0.29) is 16.4 Å². The monoisotopic (exact) mass is 462 g/mol. The molecule has 12 heteroatoms. The van der Waals surface area contributed by atoms with Crippen molar-refractivity contribution in [2.45, 2.75) is 11.6 Å². The SMILES string of the molecule is COc1ccc(Cn2nnc(-c3c(-n4cnc5ccccc54)ccnc3S(N)(=O)=O)n2)cc1. The number of ether oxygens (including phenoxy) is 1. The molecule has 0 unspecified atom stereocenters. The quantitative estimate of drug-likeness (QED) is 0.402. The lowest BCUT2D eigenvalue weighted by Gasteiger charge is -2.11. The molecule has 5 rings (SSSR count). The largest absolute Gasteiger partial charge is 0.497 e.